The molecule has 2 unspecified atom stereocenters. The first kappa shape index (κ1) is 8.52. The van der Waals surface area contributed by atoms with Gasteiger partial charge in [0.1, 0.15) is 0 Å². The number of aliphatic hydroxyl groups excluding tert-OH is 1. The minimum atomic E-state index is 0.420. The first-order valence-corrected chi connectivity index (χ1v) is 5.10. The molecule has 2 rings (SSSR count). The van der Waals surface area contributed by atoms with Crippen molar-refractivity contribution in [2.24, 2.45) is 17.8 Å². The standard InChI is InChI=1S/C10H19NO/c1-11-5-8-3-2-4-9(6-11)10(8)7-12/h8-10,12H,2-7H2,1H3. The van der Waals surface area contributed by atoms with E-state index in [1.807, 2.05) is 0 Å². The summed E-state index contributed by atoms with van der Waals surface area (Å²) in [6.45, 7) is 2.84. The molecule has 0 aromatic rings. The van der Waals surface area contributed by atoms with Crippen molar-refractivity contribution in [3.05, 3.63) is 0 Å². The van der Waals surface area contributed by atoms with E-state index in [0.717, 1.165) is 11.8 Å². The van der Waals surface area contributed by atoms with Crippen molar-refractivity contribution in [3.8, 4) is 0 Å². The van der Waals surface area contributed by atoms with Crippen LogP contribution in [0.3, 0.4) is 0 Å². The Balaban J connectivity index is 2.06. The van der Waals surface area contributed by atoms with Crippen LogP contribution in [0.5, 0.6) is 0 Å². The van der Waals surface area contributed by atoms with Gasteiger partial charge in [-0.2, -0.15) is 0 Å². The second-order valence-corrected chi connectivity index (χ2v) is 4.52. The van der Waals surface area contributed by atoms with Gasteiger partial charge in [0.25, 0.3) is 0 Å². The second kappa shape index (κ2) is 3.35. The smallest absolute Gasteiger partial charge is 0.0465 e. The Morgan fingerprint density at radius 2 is 1.83 bits per heavy atom. The van der Waals surface area contributed by atoms with Crippen molar-refractivity contribution in [3.63, 3.8) is 0 Å². The van der Waals surface area contributed by atoms with E-state index in [0.29, 0.717) is 12.5 Å². The Bertz CT molecular complexity index is 146. The molecular weight excluding hydrogens is 150 g/mol. The van der Waals surface area contributed by atoms with E-state index in [1.54, 1.807) is 0 Å². The van der Waals surface area contributed by atoms with Gasteiger partial charge in [0.2, 0.25) is 0 Å². The fraction of sp³-hybridized carbons (Fsp3) is 1.00. The Hall–Kier alpha value is -0.0800. The molecule has 1 N–H and O–H groups in total. The summed E-state index contributed by atoms with van der Waals surface area (Å²) in [6, 6.07) is 0. The van der Waals surface area contributed by atoms with E-state index in [4.69, 9.17) is 0 Å². The van der Waals surface area contributed by atoms with E-state index >= 15 is 0 Å². The topological polar surface area (TPSA) is 23.5 Å². The fourth-order valence-corrected chi connectivity index (χ4v) is 3.08. The monoisotopic (exact) mass is 169 g/mol. The Morgan fingerprint density at radius 1 is 1.25 bits per heavy atom. The van der Waals surface area contributed by atoms with Gasteiger partial charge in [-0.3, -0.25) is 0 Å². The zero-order chi connectivity index (χ0) is 8.55. The number of hydrogen-bond acceptors (Lipinski definition) is 2. The number of aliphatic hydroxyl groups is 1. The van der Waals surface area contributed by atoms with Gasteiger partial charge in [0, 0.05) is 19.7 Å². The zero-order valence-corrected chi connectivity index (χ0v) is 7.87. The van der Waals surface area contributed by atoms with Crippen LogP contribution in [-0.2, 0) is 0 Å². The number of rotatable bonds is 1. The van der Waals surface area contributed by atoms with Crippen molar-refractivity contribution in [2.45, 2.75) is 19.3 Å². The maximum absolute atomic E-state index is 9.26. The zero-order valence-electron chi connectivity index (χ0n) is 7.87. The third-order valence-corrected chi connectivity index (χ3v) is 3.66. The lowest BCUT2D eigenvalue weighted by molar-refractivity contribution is 0.00377. The molecule has 0 aromatic heterocycles. The van der Waals surface area contributed by atoms with Gasteiger partial charge in [-0.25, -0.2) is 0 Å². The Labute approximate surface area is 74.6 Å². The summed E-state index contributed by atoms with van der Waals surface area (Å²) in [4.78, 5) is 2.43. The van der Waals surface area contributed by atoms with Gasteiger partial charge in [0.15, 0.2) is 0 Å². The molecule has 0 spiro atoms. The SMILES string of the molecule is CN1CC2CCCC(C1)C2CO. The van der Waals surface area contributed by atoms with Crippen LogP contribution in [0.1, 0.15) is 19.3 Å². The highest BCUT2D eigenvalue weighted by Gasteiger charge is 2.37. The van der Waals surface area contributed by atoms with Gasteiger partial charge in [0.05, 0.1) is 0 Å². The molecule has 1 saturated carbocycles. The van der Waals surface area contributed by atoms with Crippen LogP contribution in [-0.4, -0.2) is 36.8 Å². The highest BCUT2D eigenvalue weighted by molar-refractivity contribution is 4.88. The lowest BCUT2D eigenvalue weighted by Crippen LogP contribution is -2.48. The summed E-state index contributed by atoms with van der Waals surface area (Å²) in [7, 11) is 2.21. The summed E-state index contributed by atoms with van der Waals surface area (Å²) in [5.41, 5.74) is 0. The predicted molar refractivity (Wildman–Crippen MR) is 48.9 cm³/mol. The molecule has 2 bridgehead atoms. The van der Waals surface area contributed by atoms with Crippen LogP contribution < -0.4 is 0 Å². The third kappa shape index (κ3) is 1.38. The van der Waals surface area contributed by atoms with Crippen molar-refractivity contribution in [1.82, 2.24) is 4.90 Å². The molecule has 1 aliphatic carbocycles. The van der Waals surface area contributed by atoms with E-state index < -0.39 is 0 Å². The highest BCUT2D eigenvalue weighted by atomic mass is 16.3. The predicted octanol–water partition coefficient (Wildman–Crippen LogP) is 0.957. The van der Waals surface area contributed by atoms with Crippen LogP contribution in [0.25, 0.3) is 0 Å². The molecule has 2 atom stereocenters. The van der Waals surface area contributed by atoms with Crippen LogP contribution >= 0.6 is 0 Å². The van der Waals surface area contributed by atoms with Gasteiger partial charge < -0.3 is 10.0 Å². The molecule has 0 aromatic carbocycles. The number of fused-ring (bicyclic) bond motifs is 2. The quantitative estimate of drug-likeness (QED) is 0.632. The normalized spacial score (nSPS) is 43.0. The number of likely N-dealkylation sites (tertiary alicyclic amines) is 1. The molecule has 1 heterocycles. The largest absolute Gasteiger partial charge is 0.396 e. The van der Waals surface area contributed by atoms with Crippen molar-refractivity contribution in [1.29, 1.82) is 0 Å². The highest BCUT2D eigenvalue weighted by Crippen LogP contribution is 2.38. The third-order valence-electron chi connectivity index (χ3n) is 3.66. The summed E-state index contributed by atoms with van der Waals surface area (Å²) in [5, 5.41) is 9.26. The summed E-state index contributed by atoms with van der Waals surface area (Å²) in [6.07, 6.45) is 4.07. The molecule has 2 aliphatic rings. The van der Waals surface area contributed by atoms with Crippen molar-refractivity contribution < 1.29 is 5.11 Å². The van der Waals surface area contributed by atoms with Crippen molar-refractivity contribution in [2.75, 3.05) is 26.7 Å². The number of nitrogens with zero attached hydrogens (tertiary/aromatic N) is 1. The first-order valence-electron chi connectivity index (χ1n) is 5.10. The lowest BCUT2D eigenvalue weighted by atomic mass is 9.69. The van der Waals surface area contributed by atoms with Gasteiger partial charge in [-0.1, -0.05) is 6.42 Å². The summed E-state index contributed by atoms with van der Waals surface area (Å²) in [5.74, 6) is 2.19. The van der Waals surface area contributed by atoms with E-state index in [1.165, 1.54) is 32.4 Å². The summed E-state index contributed by atoms with van der Waals surface area (Å²) < 4.78 is 0. The maximum Gasteiger partial charge on any atom is 0.0465 e. The molecule has 0 amide bonds. The molecule has 2 nitrogen and oxygen atoms in total. The minimum Gasteiger partial charge on any atom is -0.396 e. The molecule has 1 aliphatic heterocycles. The molecule has 1 saturated heterocycles. The van der Waals surface area contributed by atoms with Crippen LogP contribution in [0.2, 0.25) is 0 Å². The molecule has 70 valence electrons. The van der Waals surface area contributed by atoms with Gasteiger partial charge >= 0.3 is 0 Å². The van der Waals surface area contributed by atoms with Crippen LogP contribution in [0.4, 0.5) is 0 Å². The van der Waals surface area contributed by atoms with Gasteiger partial charge in [-0.15, -0.1) is 0 Å². The van der Waals surface area contributed by atoms with Gasteiger partial charge in [-0.05, 0) is 37.6 Å². The maximum atomic E-state index is 9.26. The molecule has 12 heavy (non-hydrogen) atoms. The number of piperidine rings is 1. The Kier molecular flexibility index (Phi) is 2.37. The molecule has 2 fully saturated rings. The first-order chi connectivity index (χ1) is 5.81. The average Bonchev–Trinajstić information content (AvgIpc) is 2.02. The number of hydrogen-bond donors (Lipinski definition) is 1. The van der Waals surface area contributed by atoms with Crippen molar-refractivity contribution >= 4 is 0 Å². The molecule has 0 radical (unpaired) electrons. The van der Waals surface area contributed by atoms with E-state index in [-0.39, 0.29) is 0 Å². The van der Waals surface area contributed by atoms with Crippen LogP contribution in [0, 0.1) is 17.8 Å². The summed E-state index contributed by atoms with van der Waals surface area (Å²) >= 11 is 0. The fourth-order valence-electron chi connectivity index (χ4n) is 3.08. The van der Waals surface area contributed by atoms with E-state index in [9.17, 15) is 5.11 Å². The molecular formula is C10H19NO. The Morgan fingerprint density at radius 3 is 2.33 bits per heavy atom. The van der Waals surface area contributed by atoms with E-state index in [2.05, 4.69) is 11.9 Å². The lowest BCUT2D eigenvalue weighted by Gasteiger charge is -2.45. The second-order valence-electron chi connectivity index (χ2n) is 4.52. The van der Waals surface area contributed by atoms with Crippen LogP contribution in [0.15, 0.2) is 0 Å². The average molecular weight is 169 g/mol. The molecule has 2 heteroatoms. The minimum absolute atomic E-state index is 0.420.